The van der Waals surface area contributed by atoms with E-state index in [0.717, 1.165) is 41.5 Å². The number of aryl methyl sites for hydroxylation is 1. The van der Waals surface area contributed by atoms with Crippen LogP contribution in [0, 0.1) is 0 Å². The highest BCUT2D eigenvalue weighted by Crippen LogP contribution is 2.40. The molecule has 0 heterocycles. The fourth-order valence-electron chi connectivity index (χ4n) is 3.81. The molecule has 3 aromatic rings. The first-order valence-electron chi connectivity index (χ1n) is 9.08. The lowest BCUT2D eigenvalue weighted by molar-refractivity contribution is 0.0696. The molecule has 27 heavy (non-hydrogen) atoms. The van der Waals surface area contributed by atoms with Gasteiger partial charge in [-0.1, -0.05) is 48.5 Å². The van der Waals surface area contributed by atoms with Crippen LogP contribution in [0.1, 0.15) is 45.5 Å². The van der Waals surface area contributed by atoms with E-state index in [2.05, 4.69) is 12.1 Å². The van der Waals surface area contributed by atoms with Crippen LogP contribution in [0.4, 0.5) is 0 Å². The van der Waals surface area contributed by atoms with Gasteiger partial charge in [0.25, 0.3) is 0 Å². The van der Waals surface area contributed by atoms with Gasteiger partial charge in [0, 0.05) is 0 Å². The predicted molar refractivity (Wildman–Crippen MR) is 107 cm³/mol. The number of fused-ring (bicyclic) bond motifs is 1. The molecule has 0 radical (unpaired) electrons. The van der Waals surface area contributed by atoms with Crippen molar-refractivity contribution in [3.63, 3.8) is 0 Å². The molecule has 0 fully saturated rings. The topological polar surface area (TPSA) is 57.5 Å². The van der Waals surface area contributed by atoms with Gasteiger partial charge in [-0.15, -0.1) is 0 Å². The Balaban J connectivity index is 1.99. The van der Waals surface area contributed by atoms with Gasteiger partial charge in [-0.25, -0.2) is 4.79 Å². The lowest BCUT2D eigenvalue weighted by Gasteiger charge is -2.17. The van der Waals surface area contributed by atoms with E-state index in [1.165, 1.54) is 11.1 Å². The largest absolute Gasteiger partial charge is 0.508 e. The number of carboxylic acid groups (broad SMARTS) is 1. The summed E-state index contributed by atoms with van der Waals surface area (Å²) in [6.45, 7) is 0. The van der Waals surface area contributed by atoms with Crippen molar-refractivity contribution in [2.75, 3.05) is 0 Å². The Bertz CT molecular complexity index is 1020. The molecule has 1 aliphatic carbocycles. The number of aromatic carboxylic acids is 1. The van der Waals surface area contributed by atoms with Crippen LogP contribution in [0.3, 0.4) is 0 Å². The van der Waals surface area contributed by atoms with Crippen molar-refractivity contribution in [1.82, 2.24) is 0 Å². The van der Waals surface area contributed by atoms with Gasteiger partial charge in [0.05, 0.1) is 5.56 Å². The molecule has 0 aromatic heterocycles. The predicted octanol–water partition coefficient (Wildman–Crippen LogP) is 5.39. The molecule has 3 nitrogen and oxygen atoms in total. The normalized spacial score (nSPS) is 13.8. The molecule has 4 rings (SSSR count). The summed E-state index contributed by atoms with van der Waals surface area (Å²) in [6.07, 6.45) is 2.72. The fourth-order valence-corrected chi connectivity index (χ4v) is 3.81. The summed E-state index contributed by atoms with van der Waals surface area (Å²) in [5.41, 5.74) is 7.02. The molecule has 0 aliphatic heterocycles. The Labute approximate surface area is 158 Å². The molecule has 0 spiro atoms. The summed E-state index contributed by atoms with van der Waals surface area (Å²) in [5, 5.41) is 19.1. The molecule has 3 aromatic carbocycles. The average Bonchev–Trinajstić information content (AvgIpc) is 2.88. The molecule has 0 bridgehead atoms. The highest BCUT2D eigenvalue weighted by Gasteiger charge is 2.21. The van der Waals surface area contributed by atoms with Crippen molar-refractivity contribution < 1.29 is 15.0 Å². The molecular formula is C24H20O3. The Morgan fingerprint density at radius 1 is 0.815 bits per heavy atom. The molecule has 2 N–H and O–H groups in total. The highest BCUT2D eigenvalue weighted by atomic mass is 16.4. The number of phenols is 1. The van der Waals surface area contributed by atoms with Crippen molar-refractivity contribution in [3.05, 3.63) is 101 Å². The SMILES string of the molecule is O=C(O)c1ccc2c(c1)CCCC(c1ccccc1)=C2c1ccc(O)cc1. The molecule has 0 saturated heterocycles. The molecule has 3 heteroatoms. The summed E-state index contributed by atoms with van der Waals surface area (Å²) in [5.74, 6) is -0.670. The zero-order chi connectivity index (χ0) is 18.8. The van der Waals surface area contributed by atoms with E-state index < -0.39 is 5.97 Å². The quantitative estimate of drug-likeness (QED) is 0.662. The monoisotopic (exact) mass is 356 g/mol. The van der Waals surface area contributed by atoms with Crippen LogP contribution in [-0.4, -0.2) is 16.2 Å². The van der Waals surface area contributed by atoms with E-state index in [1.54, 1.807) is 24.3 Å². The van der Waals surface area contributed by atoms with E-state index in [-0.39, 0.29) is 5.75 Å². The first-order chi connectivity index (χ1) is 13.1. The van der Waals surface area contributed by atoms with Crippen LogP contribution in [0.5, 0.6) is 5.75 Å². The van der Waals surface area contributed by atoms with Gasteiger partial charge >= 0.3 is 5.97 Å². The molecule has 0 amide bonds. The van der Waals surface area contributed by atoms with Gasteiger partial charge < -0.3 is 10.2 Å². The molecule has 0 unspecified atom stereocenters. The number of carboxylic acids is 1. The maximum atomic E-state index is 11.4. The molecule has 134 valence electrons. The number of hydrogen-bond acceptors (Lipinski definition) is 2. The first-order valence-corrected chi connectivity index (χ1v) is 9.08. The summed E-state index contributed by atoms with van der Waals surface area (Å²) in [7, 11) is 0. The van der Waals surface area contributed by atoms with E-state index in [1.807, 2.05) is 36.4 Å². The third-order valence-corrected chi connectivity index (χ3v) is 5.07. The maximum absolute atomic E-state index is 11.4. The van der Waals surface area contributed by atoms with Crippen LogP contribution in [-0.2, 0) is 6.42 Å². The maximum Gasteiger partial charge on any atom is 0.335 e. The first kappa shape index (κ1) is 17.1. The van der Waals surface area contributed by atoms with Gasteiger partial charge in [-0.3, -0.25) is 0 Å². The summed E-state index contributed by atoms with van der Waals surface area (Å²) in [6, 6.07) is 23.0. The van der Waals surface area contributed by atoms with E-state index >= 15 is 0 Å². The zero-order valence-electron chi connectivity index (χ0n) is 14.9. The van der Waals surface area contributed by atoms with Gasteiger partial charge in [-0.2, -0.15) is 0 Å². The van der Waals surface area contributed by atoms with Gasteiger partial charge in [0.2, 0.25) is 0 Å². The number of hydrogen-bond donors (Lipinski definition) is 2. The van der Waals surface area contributed by atoms with Gasteiger partial charge in [-0.05, 0) is 76.9 Å². The summed E-state index contributed by atoms with van der Waals surface area (Å²) < 4.78 is 0. The number of aromatic hydroxyl groups is 1. The Kier molecular flexibility index (Phi) is 4.51. The van der Waals surface area contributed by atoms with E-state index in [4.69, 9.17) is 0 Å². The Morgan fingerprint density at radius 3 is 2.26 bits per heavy atom. The van der Waals surface area contributed by atoms with Crippen molar-refractivity contribution >= 4 is 17.1 Å². The lowest BCUT2D eigenvalue weighted by atomic mass is 9.87. The fraction of sp³-hybridized carbons (Fsp3) is 0.125. The summed E-state index contributed by atoms with van der Waals surface area (Å²) >= 11 is 0. The number of rotatable bonds is 3. The number of benzene rings is 3. The lowest BCUT2D eigenvalue weighted by Crippen LogP contribution is -2.01. The van der Waals surface area contributed by atoms with Gasteiger partial charge in [0.15, 0.2) is 0 Å². The van der Waals surface area contributed by atoms with Crippen LogP contribution < -0.4 is 0 Å². The van der Waals surface area contributed by atoms with Crippen LogP contribution in [0.15, 0.2) is 72.8 Å². The van der Waals surface area contributed by atoms with Crippen LogP contribution >= 0.6 is 0 Å². The van der Waals surface area contributed by atoms with Crippen molar-refractivity contribution in [2.24, 2.45) is 0 Å². The molecule has 0 atom stereocenters. The smallest absolute Gasteiger partial charge is 0.335 e. The number of carbonyl (C=O) groups is 1. The van der Waals surface area contributed by atoms with Crippen LogP contribution in [0.2, 0.25) is 0 Å². The number of phenolic OH excluding ortho intramolecular Hbond substituents is 1. The average molecular weight is 356 g/mol. The standard InChI is InChI=1S/C24H20O3/c25-20-12-9-17(10-13-20)23-21(16-5-2-1-3-6-16)8-4-7-18-15-19(24(26)27)11-14-22(18)23/h1-3,5-6,9-15,25H,4,7-8H2,(H,26,27). The van der Waals surface area contributed by atoms with E-state index in [9.17, 15) is 15.0 Å². The minimum Gasteiger partial charge on any atom is -0.508 e. The second-order valence-electron chi connectivity index (χ2n) is 6.80. The van der Waals surface area contributed by atoms with Gasteiger partial charge in [0.1, 0.15) is 5.75 Å². The Morgan fingerprint density at radius 2 is 1.56 bits per heavy atom. The molecule has 1 aliphatic rings. The third kappa shape index (κ3) is 3.36. The summed E-state index contributed by atoms with van der Waals surface area (Å²) in [4.78, 5) is 11.4. The second kappa shape index (κ2) is 7.12. The minimum absolute atomic E-state index is 0.232. The molecular weight excluding hydrogens is 336 g/mol. The highest BCUT2D eigenvalue weighted by molar-refractivity contribution is 6.00. The third-order valence-electron chi connectivity index (χ3n) is 5.07. The van der Waals surface area contributed by atoms with Crippen molar-refractivity contribution in [3.8, 4) is 5.75 Å². The molecule has 0 saturated carbocycles. The Hall–Kier alpha value is -3.33. The zero-order valence-corrected chi connectivity index (χ0v) is 14.9. The van der Waals surface area contributed by atoms with Crippen LogP contribution in [0.25, 0.3) is 11.1 Å². The number of allylic oxidation sites excluding steroid dienone is 1. The van der Waals surface area contributed by atoms with E-state index in [0.29, 0.717) is 5.56 Å². The second-order valence-corrected chi connectivity index (χ2v) is 6.80. The van der Waals surface area contributed by atoms with Crippen molar-refractivity contribution in [1.29, 1.82) is 0 Å². The van der Waals surface area contributed by atoms with Crippen molar-refractivity contribution in [2.45, 2.75) is 19.3 Å². The minimum atomic E-state index is -0.902.